The molecule has 3 aromatic rings. The number of carbonyl (C=O) groups is 1. The van der Waals surface area contributed by atoms with Crippen LogP contribution in [0.5, 0.6) is 5.75 Å². The quantitative estimate of drug-likeness (QED) is 0.652. The average molecular weight is 406 g/mol. The van der Waals surface area contributed by atoms with Crippen LogP contribution in [0, 0.1) is 6.92 Å². The van der Waals surface area contributed by atoms with Crippen molar-refractivity contribution < 1.29 is 14.3 Å². The highest BCUT2D eigenvalue weighted by Crippen LogP contribution is 2.17. The summed E-state index contributed by atoms with van der Waals surface area (Å²) in [7, 11) is 0. The van der Waals surface area contributed by atoms with E-state index in [1.54, 1.807) is 16.9 Å². The first-order valence-electron chi connectivity index (χ1n) is 10.1. The molecular weight excluding hydrogens is 380 g/mol. The van der Waals surface area contributed by atoms with E-state index < -0.39 is 0 Å². The van der Waals surface area contributed by atoms with Crippen molar-refractivity contribution in [2.45, 2.75) is 20.2 Å². The molecular formula is C23H26N4O3. The Bertz CT molecular complexity index is 995. The number of benzene rings is 2. The van der Waals surface area contributed by atoms with Crippen LogP contribution in [0.3, 0.4) is 0 Å². The van der Waals surface area contributed by atoms with Gasteiger partial charge in [-0.1, -0.05) is 30.3 Å². The fourth-order valence-electron chi connectivity index (χ4n) is 3.37. The maximum atomic E-state index is 12.6. The van der Waals surface area contributed by atoms with Gasteiger partial charge in [0.05, 0.1) is 13.2 Å². The Labute approximate surface area is 176 Å². The van der Waals surface area contributed by atoms with Gasteiger partial charge in [-0.25, -0.2) is 4.68 Å². The van der Waals surface area contributed by atoms with E-state index in [4.69, 9.17) is 9.47 Å². The van der Waals surface area contributed by atoms with Crippen LogP contribution in [0.1, 0.15) is 21.6 Å². The number of amides is 1. The summed E-state index contributed by atoms with van der Waals surface area (Å²) in [5, 5.41) is 7.26. The largest absolute Gasteiger partial charge is 0.471 e. The third kappa shape index (κ3) is 5.25. The number of nitrogens with one attached hydrogen (secondary N) is 1. The van der Waals surface area contributed by atoms with Crippen LogP contribution < -0.4 is 10.1 Å². The smallest absolute Gasteiger partial charge is 0.276 e. The minimum atomic E-state index is -0.242. The molecule has 1 saturated heterocycles. The Balaban J connectivity index is 1.34. The zero-order valence-electron chi connectivity index (χ0n) is 17.1. The third-order valence-corrected chi connectivity index (χ3v) is 5.01. The second-order valence-corrected chi connectivity index (χ2v) is 7.32. The summed E-state index contributed by atoms with van der Waals surface area (Å²) in [4.78, 5) is 15.0. The minimum absolute atomic E-state index is 0.242. The SMILES string of the molecule is Cc1ccccc1OCn1ccc(C(=O)Nc2cccc(CN3CCOCC3)c2)n1. The number of hydrogen-bond acceptors (Lipinski definition) is 5. The normalized spacial score (nSPS) is 14.4. The first-order valence-corrected chi connectivity index (χ1v) is 10.1. The van der Waals surface area contributed by atoms with E-state index in [1.165, 1.54) is 0 Å². The lowest BCUT2D eigenvalue weighted by molar-refractivity contribution is 0.0342. The first kappa shape index (κ1) is 20.1. The van der Waals surface area contributed by atoms with Crippen LogP contribution in [0.2, 0.25) is 0 Å². The zero-order valence-corrected chi connectivity index (χ0v) is 17.1. The number of nitrogens with zero attached hydrogens (tertiary/aromatic N) is 3. The van der Waals surface area contributed by atoms with E-state index in [0.29, 0.717) is 5.69 Å². The summed E-state index contributed by atoms with van der Waals surface area (Å²) in [6, 6.07) is 17.4. The molecule has 1 fully saturated rings. The van der Waals surface area contributed by atoms with Crippen LogP contribution >= 0.6 is 0 Å². The molecule has 156 valence electrons. The summed E-state index contributed by atoms with van der Waals surface area (Å²) >= 11 is 0. The van der Waals surface area contributed by atoms with Crippen molar-refractivity contribution in [1.82, 2.24) is 14.7 Å². The van der Waals surface area contributed by atoms with E-state index in [-0.39, 0.29) is 12.6 Å². The van der Waals surface area contributed by atoms with Gasteiger partial charge in [-0.2, -0.15) is 5.10 Å². The highest BCUT2D eigenvalue weighted by molar-refractivity contribution is 6.02. The van der Waals surface area contributed by atoms with Crippen molar-refractivity contribution in [3.63, 3.8) is 0 Å². The van der Waals surface area contributed by atoms with Gasteiger partial charge in [-0.05, 0) is 42.3 Å². The van der Waals surface area contributed by atoms with E-state index in [2.05, 4.69) is 21.4 Å². The molecule has 1 aliphatic rings. The van der Waals surface area contributed by atoms with Gasteiger partial charge in [-0.15, -0.1) is 0 Å². The number of rotatable bonds is 7. The Morgan fingerprint density at radius 2 is 1.97 bits per heavy atom. The summed E-state index contributed by atoms with van der Waals surface area (Å²) in [5.41, 5.74) is 3.32. The van der Waals surface area contributed by atoms with Crippen molar-refractivity contribution in [1.29, 1.82) is 0 Å². The molecule has 0 atom stereocenters. The number of aryl methyl sites for hydroxylation is 1. The number of carbonyl (C=O) groups excluding carboxylic acids is 1. The molecule has 30 heavy (non-hydrogen) atoms. The van der Waals surface area contributed by atoms with Crippen LogP contribution in [0.15, 0.2) is 60.8 Å². The number of anilines is 1. The highest BCUT2D eigenvalue weighted by Gasteiger charge is 2.13. The van der Waals surface area contributed by atoms with Crippen LogP contribution in [-0.2, 0) is 18.0 Å². The molecule has 2 aromatic carbocycles. The number of hydrogen-bond donors (Lipinski definition) is 1. The summed E-state index contributed by atoms with van der Waals surface area (Å²) in [5.74, 6) is 0.559. The molecule has 1 N–H and O–H groups in total. The van der Waals surface area contributed by atoms with Gasteiger partial charge >= 0.3 is 0 Å². The van der Waals surface area contributed by atoms with E-state index in [0.717, 1.165) is 55.4 Å². The Morgan fingerprint density at radius 3 is 2.80 bits per heavy atom. The Kier molecular flexibility index (Phi) is 6.41. The second kappa shape index (κ2) is 9.56. The fraction of sp³-hybridized carbons (Fsp3) is 0.304. The molecule has 2 heterocycles. The second-order valence-electron chi connectivity index (χ2n) is 7.32. The highest BCUT2D eigenvalue weighted by atomic mass is 16.5. The van der Waals surface area contributed by atoms with Crippen LogP contribution in [0.25, 0.3) is 0 Å². The van der Waals surface area contributed by atoms with Crippen molar-refractivity contribution in [2.24, 2.45) is 0 Å². The van der Waals surface area contributed by atoms with E-state index >= 15 is 0 Å². The third-order valence-electron chi connectivity index (χ3n) is 5.01. The molecule has 7 heteroatoms. The summed E-state index contributed by atoms with van der Waals surface area (Å²) in [6.45, 7) is 6.48. The predicted molar refractivity (Wildman–Crippen MR) is 115 cm³/mol. The maximum Gasteiger partial charge on any atom is 0.276 e. The molecule has 0 saturated carbocycles. The molecule has 4 rings (SSSR count). The van der Waals surface area contributed by atoms with Gasteiger partial charge in [0.2, 0.25) is 0 Å². The number of aromatic nitrogens is 2. The fourth-order valence-corrected chi connectivity index (χ4v) is 3.37. The predicted octanol–water partition coefficient (Wildman–Crippen LogP) is 3.31. The van der Waals surface area contributed by atoms with Gasteiger partial charge in [0.1, 0.15) is 5.75 Å². The Hall–Kier alpha value is -3.16. The lowest BCUT2D eigenvalue weighted by Gasteiger charge is -2.26. The summed E-state index contributed by atoms with van der Waals surface area (Å²) < 4.78 is 12.8. The molecule has 7 nitrogen and oxygen atoms in total. The standard InChI is InChI=1S/C23H26N4O3/c1-18-5-2-3-8-22(18)30-17-27-10-9-21(25-27)23(28)24-20-7-4-6-19(15-20)16-26-11-13-29-14-12-26/h2-10,15H,11-14,16-17H2,1H3,(H,24,28). The topological polar surface area (TPSA) is 68.6 Å². The molecule has 0 aliphatic carbocycles. The van der Waals surface area contributed by atoms with Crippen molar-refractivity contribution >= 4 is 11.6 Å². The van der Waals surface area contributed by atoms with Gasteiger partial charge < -0.3 is 14.8 Å². The summed E-state index contributed by atoms with van der Waals surface area (Å²) in [6.07, 6.45) is 1.74. The van der Waals surface area contributed by atoms with E-state index in [9.17, 15) is 4.79 Å². The monoisotopic (exact) mass is 406 g/mol. The molecule has 0 spiro atoms. The van der Waals surface area contributed by atoms with Crippen molar-refractivity contribution in [2.75, 3.05) is 31.6 Å². The number of para-hydroxylation sites is 1. The molecule has 1 amide bonds. The number of morpholine rings is 1. The molecule has 0 bridgehead atoms. The van der Waals surface area contributed by atoms with Gasteiger partial charge in [0.25, 0.3) is 5.91 Å². The van der Waals surface area contributed by atoms with Crippen molar-refractivity contribution in [3.05, 3.63) is 77.6 Å². The van der Waals surface area contributed by atoms with Crippen LogP contribution in [0.4, 0.5) is 5.69 Å². The minimum Gasteiger partial charge on any atom is -0.471 e. The lowest BCUT2D eigenvalue weighted by atomic mass is 10.2. The van der Waals surface area contributed by atoms with Gasteiger partial charge in [0.15, 0.2) is 12.4 Å². The van der Waals surface area contributed by atoms with Gasteiger partial charge in [-0.3, -0.25) is 9.69 Å². The zero-order chi connectivity index (χ0) is 20.8. The van der Waals surface area contributed by atoms with E-state index in [1.807, 2.05) is 49.4 Å². The average Bonchev–Trinajstić information content (AvgIpc) is 3.23. The van der Waals surface area contributed by atoms with Gasteiger partial charge in [0, 0.05) is 31.5 Å². The molecule has 1 aliphatic heterocycles. The maximum absolute atomic E-state index is 12.6. The molecule has 1 aromatic heterocycles. The Morgan fingerprint density at radius 1 is 1.13 bits per heavy atom. The molecule has 0 radical (unpaired) electrons. The van der Waals surface area contributed by atoms with Crippen molar-refractivity contribution in [3.8, 4) is 5.75 Å². The lowest BCUT2D eigenvalue weighted by Crippen LogP contribution is -2.35. The van der Waals surface area contributed by atoms with Crippen LogP contribution in [-0.4, -0.2) is 46.9 Å². The molecule has 0 unspecified atom stereocenters. The first-order chi connectivity index (χ1) is 14.7. The number of ether oxygens (including phenoxy) is 2.